The largest absolute Gasteiger partial charge is 0.478 e. The number of carboxylic acid groups (broad SMARTS) is 1. The zero-order valence-electron chi connectivity index (χ0n) is 11.3. The predicted molar refractivity (Wildman–Crippen MR) is 73.2 cm³/mol. The molecule has 0 bridgehead atoms. The van der Waals surface area contributed by atoms with Crippen molar-refractivity contribution in [1.82, 2.24) is 4.90 Å². The summed E-state index contributed by atoms with van der Waals surface area (Å²) < 4.78 is 0. The van der Waals surface area contributed by atoms with E-state index in [9.17, 15) is 15.0 Å². The topological polar surface area (TPSA) is 60.8 Å². The molecule has 1 aromatic carbocycles. The summed E-state index contributed by atoms with van der Waals surface area (Å²) >= 11 is 0. The van der Waals surface area contributed by atoms with E-state index in [1.807, 2.05) is 19.1 Å². The number of nitrogens with zero attached hydrogens (tertiary/aromatic N) is 1. The van der Waals surface area contributed by atoms with E-state index < -0.39 is 11.6 Å². The Balaban J connectivity index is 2.07. The van der Waals surface area contributed by atoms with Gasteiger partial charge in [0.1, 0.15) is 0 Å². The van der Waals surface area contributed by atoms with Crippen molar-refractivity contribution in [2.75, 3.05) is 13.1 Å². The van der Waals surface area contributed by atoms with Crippen LogP contribution in [0.5, 0.6) is 0 Å². The first-order valence-electron chi connectivity index (χ1n) is 6.74. The first kappa shape index (κ1) is 14.0. The van der Waals surface area contributed by atoms with Crippen LogP contribution < -0.4 is 0 Å². The van der Waals surface area contributed by atoms with Crippen molar-refractivity contribution in [2.24, 2.45) is 0 Å². The molecule has 0 amide bonds. The van der Waals surface area contributed by atoms with Crippen LogP contribution in [0.1, 0.15) is 42.1 Å². The highest BCUT2D eigenvalue weighted by Crippen LogP contribution is 2.23. The molecule has 2 N–H and O–H groups in total. The molecule has 104 valence electrons. The van der Waals surface area contributed by atoms with Gasteiger partial charge in [-0.3, -0.25) is 4.90 Å². The molecule has 1 heterocycles. The fraction of sp³-hybridized carbons (Fsp3) is 0.533. The van der Waals surface area contributed by atoms with Gasteiger partial charge >= 0.3 is 5.97 Å². The van der Waals surface area contributed by atoms with Gasteiger partial charge in [0.25, 0.3) is 0 Å². The van der Waals surface area contributed by atoms with Gasteiger partial charge in [-0.1, -0.05) is 18.2 Å². The second-order valence-corrected chi connectivity index (χ2v) is 5.59. The lowest BCUT2D eigenvalue weighted by Gasteiger charge is -2.23. The smallest absolute Gasteiger partial charge is 0.336 e. The second kappa shape index (κ2) is 5.72. The van der Waals surface area contributed by atoms with Crippen molar-refractivity contribution in [3.05, 3.63) is 35.4 Å². The normalized spacial score (nSPS) is 24.9. The van der Waals surface area contributed by atoms with Crippen LogP contribution in [-0.2, 0) is 6.54 Å². The molecule has 0 saturated carbocycles. The Bertz CT molecular complexity index is 456. The molecule has 0 aromatic heterocycles. The number of hydrogen-bond acceptors (Lipinski definition) is 3. The van der Waals surface area contributed by atoms with E-state index in [1.54, 1.807) is 12.1 Å². The molecule has 1 aromatic rings. The monoisotopic (exact) mass is 263 g/mol. The third-order valence-electron chi connectivity index (χ3n) is 3.80. The lowest BCUT2D eigenvalue weighted by molar-refractivity contribution is 0.0443. The van der Waals surface area contributed by atoms with Crippen LogP contribution in [0.15, 0.2) is 24.3 Å². The Morgan fingerprint density at radius 3 is 2.79 bits per heavy atom. The molecular weight excluding hydrogens is 242 g/mol. The Kier molecular flexibility index (Phi) is 4.22. The van der Waals surface area contributed by atoms with Crippen LogP contribution in [0.25, 0.3) is 0 Å². The zero-order chi connectivity index (χ0) is 13.9. The third kappa shape index (κ3) is 3.78. The fourth-order valence-electron chi connectivity index (χ4n) is 2.59. The maximum absolute atomic E-state index is 11.2. The quantitative estimate of drug-likeness (QED) is 0.877. The van der Waals surface area contributed by atoms with Crippen LogP contribution in [0.3, 0.4) is 0 Å². The van der Waals surface area contributed by atoms with Crippen LogP contribution in [0.4, 0.5) is 0 Å². The highest BCUT2D eigenvalue weighted by atomic mass is 16.4. The van der Waals surface area contributed by atoms with Crippen molar-refractivity contribution in [1.29, 1.82) is 0 Å². The summed E-state index contributed by atoms with van der Waals surface area (Å²) in [4.78, 5) is 13.4. The molecule has 4 nitrogen and oxygen atoms in total. The average Bonchev–Trinajstić information content (AvgIpc) is 2.51. The Morgan fingerprint density at radius 1 is 1.32 bits per heavy atom. The summed E-state index contributed by atoms with van der Waals surface area (Å²) in [6.07, 6.45) is 2.49. The summed E-state index contributed by atoms with van der Waals surface area (Å²) in [5.41, 5.74) is 0.635. The van der Waals surface area contributed by atoms with Crippen molar-refractivity contribution < 1.29 is 15.0 Å². The van der Waals surface area contributed by atoms with Crippen LogP contribution in [0.2, 0.25) is 0 Å². The van der Waals surface area contributed by atoms with Crippen molar-refractivity contribution >= 4 is 5.97 Å². The number of benzene rings is 1. The molecule has 1 fully saturated rings. The first-order valence-corrected chi connectivity index (χ1v) is 6.74. The molecule has 1 unspecified atom stereocenters. The molecule has 1 aliphatic rings. The van der Waals surface area contributed by atoms with Crippen molar-refractivity contribution in [2.45, 2.75) is 38.3 Å². The lowest BCUT2D eigenvalue weighted by Crippen LogP contribution is -2.28. The number of likely N-dealkylation sites (tertiary alicyclic amines) is 1. The summed E-state index contributed by atoms with van der Waals surface area (Å²) in [7, 11) is 0. The number of hydrogen-bond donors (Lipinski definition) is 2. The number of aromatic carboxylic acids is 1. The van der Waals surface area contributed by atoms with Crippen molar-refractivity contribution in [3.63, 3.8) is 0 Å². The zero-order valence-corrected chi connectivity index (χ0v) is 11.3. The Labute approximate surface area is 113 Å². The molecule has 4 heteroatoms. The molecule has 2 rings (SSSR count). The van der Waals surface area contributed by atoms with Gasteiger partial charge in [-0.25, -0.2) is 4.79 Å². The van der Waals surface area contributed by atoms with Gasteiger partial charge in [0.05, 0.1) is 11.2 Å². The van der Waals surface area contributed by atoms with Gasteiger partial charge in [-0.05, 0) is 44.4 Å². The highest BCUT2D eigenvalue weighted by Gasteiger charge is 2.25. The number of rotatable bonds is 3. The Hall–Kier alpha value is -1.39. The van der Waals surface area contributed by atoms with Gasteiger partial charge in [0.2, 0.25) is 0 Å². The standard InChI is InChI=1S/C15H21NO3/c1-15(19)7-4-9-16(10-8-15)11-12-5-2-3-6-13(12)14(17)18/h2-3,5-6,19H,4,7-11H2,1H3,(H,17,18). The fourth-order valence-corrected chi connectivity index (χ4v) is 2.59. The maximum Gasteiger partial charge on any atom is 0.336 e. The molecule has 0 radical (unpaired) electrons. The summed E-state index contributed by atoms with van der Waals surface area (Å²) in [6, 6.07) is 7.13. The SMILES string of the molecule is CC1(O)CCCN(Cc2ccccc2C(=O)O)CC1. The minimum Gasteiger partial charge on any atom is -0.478 e. The predicted octanol–water partition coefficient (Wildman–Crippen LogP) is 2.12. The van der Waals surface area contributed by atoms with Crippen molar-refractivity contribution in [3.8, 4) is 0 Å². The number of aliphatic hydroxyl groups is 1. The van der Waals surface area contributed by atoms with Crippen LogP contribution in [0, 0.1) is 0 Å². The second-order valence-electron chi connectivity index (χ2n) is 5.59. The molecule has 1 saturated heterocycles. The van der Waals surface area contributed by atoms with E-state index >= 15 is 0 Å². The maximum atomic E-state index is 11.2. The average molecular weight is 263 g/mol. The van der Waals surface area contributed by atoms with E-state index in [0.717, 1.165) is 37.9 Å². The van der Waals surface area contributed by atoms with E-state index in [0.29, 0.717) is 12.1 Å². The van der Waals surface area contributed by atoms with E-state index in [1.165, 1.54) is 0 Å². The Morgan fingerprint density at radius 2 is 2.05 bits per heavy atom. The van der Waals surface area contributed by atoms with Gasteiger partial charge in [0, 0.05) is 13.1 Å². The van der Waals surface area contributed by atoms with Gasteiger partial charge < -0.3 is 10.2 Å². The number of carboxylic acids is 1. The molecule has 0 aliphatic carbocycles. The number of carbonyl (C=O) groups is 1. The summed E-state index contributed by atoms with van der Waals surface area (Å²) in [5, 5.41) is 19.2. The first-order chi connectivity index (χ1) is 8.98. The van der Waals surface area contributed by atoms with E-state index in [2.05, 4.69) is 4.90 Å². The third-order valence-corrected chi connectivity index (χ3v) is 3.80. The van der Waals surface area contributed by atoms with Gasteiger partial charge in [-0.2, -0.15) is 0 Å². The van der Waals surface area contributed by atoms with E-state index in [4.69, 9.17) is 0 Å². The molecule has 19 heavy (non-hydrogen) atoms. The van der Waals surface area contributed by atoms with Gasteiger partial charge in [-0.15, -0.1) is 0 Å². The molecule has 1 aliphatic heterocycles. The molecular formula is C15H21NO3. The lowest BCUT2D eigenvalue weighted by atomic mass is 9.98. The molecule has 0 spiro atoms. The van der Waals surface area contributed by atoms with Gasteiger partial charge in [0.15, 0.2) is 0 Å². The van der Waals surface area contributed by atoms with E-state index in [-0.39, 0.29) is 0 Å². The molecule has 1 atom stereocenters. The summed E-state index contributed by atoms with van der Waals surface area (Å²) in [5.74, 6) is -0.877. The highest BCUT2D eigenvalue weighted by molar-refractivity contribution is 5.89. The van der Waals surface area contributed by atoms with Crippen LogP contribution in [-0.4, -0.2) is 39.8 Å². The minimum absolute atomic E-state index is 0.374. The minimum atomic E-state index is -0.877. The summed E-state index contributed by atoms with van der Waals surface area (Å²) in [6.45, 7) is 4.23. The van der Waals surface area contributed by atoms with Crippen LogP contribution >= 0.6 is 0 Å².